The summed E-state index contributed by atoms with van der Waals surface area (Å²) in [6, 6.07) is 9.33. The molecule has 2 unspecified atom stereocenters. The van der Waals surface area contributed by atoms with Crippen molar-refractivity contribution in [2.45, 2.75) is 51.6 Å². The van der Waals surface area contributed by atoms with Gasteiger partial charge in [-0.1, -0.05) is 26.2 Å². The van der Waals surface area contributed by atoms with Crippen LogP contribution in [0.1, 0.15) is 51.0 Å². The van der Waals surface area contributed by atoms with Crippen molar-refractivity contribution < 1.29 is 9.47 Å². The van der Waals surface area contributed by atoms with E-state index in [1.807, 2.05) is 12.1 Å². The number of hydrogen-bond donors (Lipinski definition) is 0. The van der Waals surface area contributed by atoms with Crippen LogP contribution in [-0.2, 0) is 4.74 Å². The summed E-state index contributed by atoms with van der Waals surface area (Å²) in [4.78, 5) is 0. The molecule has 0 heterocycles. The summed E-state index contributed by atoms with van der Waals surface area (Å²) >= 11 is 0. The first kappa shape index (κ1) is 15.9. The van der Waals surface area contributed by atoms with Crippen molar-refractivity contribution in [2.75, 3.05) is 13.2 Å². The summed E-state index contributed by atoms with van der Waals surface area (Å²) in [6.45, 7) is 3.71. The lowest BCUT2D eigenvalue weighted by Gasteiger charge is -2.28. The summed E-state index contributed by atoms with van der Waals surface area (Å²) in [5.74, 6) is 1.68. The van der Waals surface area contributed by atoms with Crippen LogP contribution in [0.25, 0.3) is 0 Å². The van der Waals surface area contributed by atoms with E-state index in [1.54, 1.807) is 12.1 Å². The summed E-state index contributed by atoms with van der Waals surface area (Å²) in [5.41, 5.74) is 0.661. The number of hydrogen-bond acceptors (Lipinski definition) is 3. The smallest absolute Gasteiger partial charge is 0.119 e. The summed E-state index contributed by atoms with van der Waals surface area (Å²) < 4.78 is 11.6. The van der Waals surface area contributed by atoms with E-state index < -0.39 is 0 Å². The van der Waals surface area contributed by atoms with Crippen LogP contribution in [-0.4, -0.2) is 19.3 Å². The van der Waals surface area contributed by atoms with Gasteiger partial charge in [0, 0.05) is 6.42 Å². The van der Waals surface area contributed by atoms with Gasteiger partial charge in [0.05, 0.1) is 31.0 Å². The van der Waals surface area contributed by atoms with Crippen molar-refractivity contribution >= 4 is 0 Å². The Morgan fingerprint density at radius 2 is 2.00 bits per heavy atom. The maximum Gasteiger partial charge on any atom is 0.119 e. The number of rotatable bonds is 7. The molecule has 0 N–H and O–H groups in total. The van der Waals surface area contributed by atoms with E-state index in [0.717, 1.165) is 24.7 Å². The Kier molecular flexibility index (Phi) is 6.56. The molecule has 0 spiro atoms. The normalized spacial score (nSPS) is 21.7. The third-order valence-electron chi connectivity index (χ3n) is 4.21. The molecule has 3 nitrogen and oxygen atoms in total. The van der Waals surface area contributed by atoms with Crippen LogP contribution in [0.3, 0.4) is 0 Å². The van der Waals surface area contributed by atoms with E-state index in [9.17, 15) is 0 Å². The van der Waals surface area contributed by atoms with Gasteiger partial charge < -0.3 is 9.47 Å². The lowest BCUT2D eigenvalue weighted by atomic mass is 9.85. The monoisotopic (exact) mass is 287 g/mol. The van der Waals surface area contributed by atoms with Gasteiger partial charge in [0.15, 0.2) is 0 Å². The molecule has 2 atom stereocenters. The average Bonchev–Trinajstić information content (AvgIpc) is 2.55. The minimum Gasteiger partial charge on any atom is -0.494 e. The molecule has 0 amide bonds. The highest BCUT2D eigenvalue weighted by molar-refractivity contribution is 5.34. The van der Waals surface area contributed by atoms with Gasteiger partial charge in [-0.2, -0.15) is 5.26 Å². The van der Waals surface area contributed by atoms with Gasteiger partial charge in [-0.15, -0.1) is 0 Å². The summed E-state index contributed by atoms with van der Waals surface area (Å²) in [7, 11) is 0. The van der Waals surface area contributed by atoms with Gasteiger partial charge in [-0.05, 0) is 43.0 Å². The molecule has 0 aromatic heterocycles. The predicted octanol–water partition coefficient (Wildman–Crippen LogP) is 4.31. The second-order valence-electron chi connectivity index (χ2n) is 5.77. The highest BCUT2D eigenvalue weighted by Gasteiger charge is 2.20. The van der Waals surface area contributed by atoms with Gasteiger partial charge in [-0.3, -0.25) is 0 Å². The molecule has 21 heavy (non-hydrogen) atoms. The zero-order valence-electron chi connectivity index (χ0n) is 12.9. The SMILES string of the molecule is CCC1CCCC(OCCCOc2ccc(C#N)cc2)C1. The minimum absolute atomic E-state index is 0.457. The van der Waals surface area contributed by atoms with E-state index >= 15 is 0 Å². The standard InChI is InChI=1S/C18H25NO2/c1-2-15-5-3-6-18(13-15)21-12-4-11-20-17-9-7-16(14-19)8-10-17/h7-10,15,18H,2-6,11-13H2,1H3. The largest absolute Gasteiger partial charge is 0.494 e. The molecule has 2 rings (SSSR count). The van der Waals surface area contributed by atoms with Crippen molar-refractivity contribution in [3.05, 3.63) is 29.8 Å². The van der Waals surface area contributed by atoms with E-state index in [4.69, 9.17) is 14.7 Å². The lowest BCUT2D eigenvalue weighted by Crippen LogP contribution is -2.23. The van der Waals surface area contributed by atoms with Crippen LogP contribution in [0.4, 0.5) is 0 Å². The Bertz CT molecular complexity index is 449. The molecule has 114 valence electrons. The third-order valence-corrected chi connectivity index (χ3v) is 4.21. The van der Waals surface area contributed by atoms with E-state index in [2.05, 4.69) is 13.0 Å². The first-order valence-corrected chi connectivity index (χ1v) is 8.06. The zero-order valence-corrected chi connectivity index (χ0v) is 12.9. The average molecular weight is 287 g/mol. The quantitative estimate of drug-likeness (QED) is 0.702. The van der Waals surface area contributed by atoms with E-state index in [-0.39, 0.29) is 0 Å². The number of benzene rings is 1. The molecule has 0 radical (unpaired) electrons. The van der Waals surface area contributed by atoms with Crippen molar-refractivity contribution in [2.24, 2.45) is 5.92 Å². The van der Waals surface area contributed by atoms with Crippen LogP contribution in [0.2, 0.25) is 0 Å². The van der Waals surface area contributed by atoms with Crippen molar-refractivity contribution in [3.8, 4) is 11.8 Å². The fourth-order valence-electron chi connectivity index (χ4n) is 2.89. The number of nitriles is 1. The Morgan fingerprint density at radius 1 is 1.19 bits per heavy atom. The van der Waals surface area contributed by atoms with Gasteiger partial charge >= 0.3 is 0 Å². The Labute approximate surface area is 127 Å². The van der Waals surface area contributed by atoms with Crippen LogP contribution >= 0.6 is 0 Å². The van der Waals surface area contributed by atoms with Crippen LogP contribution in [0, 0.1) is 17.2 Å². The Hall–Kier alpha value is -1.53. The summed E-state index contributed by atoms with van der Waals surface area (Å²) in [6.07, 6.45) is 7.77. The first-order chi connectivity index (χ1) is 10.3. The molecule has 0 bridgehead atoms. The van der Waals surface area contributed by atoms with Crippen molar-refractivity contribution in [1.29, 1.82) is 5.26 Å². The molecule has 0 aliphatic heterocycles. The molecule has 1 aliphatic rings. The highest BCUT2D eigenvalue weighted by Crippen LogP contribution is 2.28. The van der Waals surface area contributed by atoms with Crippen molar-refractivity contribution in [1.82, 2.24) is 0 Å². The molecule has 1 fully saturated rings. The first-order valence-electron chi connectivity index (χ1n) is 8.06. The van der Waals surface area contributed by atoms with Gasteiger partial charge in [0.2, 0.25) is 0 Å². The predicted molar refractivity (Wildman–Crippen MR) is 83.3 cm³/mol. The van der Waals surface area contributed by atoms with Crippen molar-refractivity contribution in [3.63, 3.8) is 0 Å². The van der Waals surface area contributed by atoms with Crippen LogP contribution in [0.15, 0.2) is 24.3 Å². The van der Waals surface area contributed by atoms with Gasteiger partial charge in [0.25, 0.3) is 0 Å². The van der Waals surface area contributed by atoms with E-state index in [1.165, 1.54) is 32.1 Å². The number of nitrogens with zero attached hydrogens (tertiary/aromatic N) is 1. The van der Waals surface area contributed by atoms with Gasteiger partial charge in [-0.25, -0.2) is 0 Å². The molecule has 1 aliphatic carbocycles. The third kappa shape index (κ3) is 5.40. The Balaban J connectivity index is 1.58. The molecule has 1 aromatic carbocycles. The molecular formula is C18H25NO2. The molecule has 0 saturated heterocycles. The zero-order chi connectivity index (χ0) is 14.9. The maximum absolute atomic E-state index is 8.73. The fourth-order valence-corrected chi connectivity index (χ4v) is 2.89. The molecule has 1 aromatic rings. The second kappa shape index (κ2) is 8.69. The Morgan fingerprint density at radius 3 is 2.71 bits per heavy atom. The highest BCUT2D eigenvalue weighted by atomic mass is 16.5. The number of ether oxygens (including phenoxy) is 2. The maximum atomic E-state index is 8.73. The molecular weight excluding hydrogens is 262 g/mol. The van der Waals surface area contributed by atoms with Crippen LogP contribution in [0.5, 0.6) is 5.75 Å². The second-order valence-corrected chi connectivity index (χ2v) is 5.77. The minimum atomic E-state index is 0.457. The summed E-state index contributed by atoms with van der Waals surface area (Å²) in [5, 5.41) is 8.73. The topological polar surface area (TPSA) is 42.2 Å². The molecule has 1 saturated carbocycles. The molecule has 3 heteroatoms. The van der Waals surface area contributed by atoms with Gasteiger partial charge in [0.1, 0.15) is 5.75 Å². The van der Waals surface area contributed by atoms with E-state index in [0.29, 0.717) is 18.3 Å². The fraction of sp³-hybridized carbons (Fsp3) is 0.611. The van der Waals surface area contributed by atoms with Crippen LogP contribution < -0.4 is 4.74 Å². The lowest BCUT2D eigenvalue weighted by molar-refractivity contribution is 0.00767.